The zero-order valence-corrected chi connectivity index (χ0v) is 16.0. The van der Waals surface area contributed by atoms with E-state index in [1.165, 1.54) is 4.90 Å². The van der Waals surface area contributed by atoms with Crippen LogP contribution in [0.2, 0.25) is 5.02 Å². The lowest BCUT2D eigenvalue weighted by molar-refractivity contribution is 0.0625. The fraction of sp³-hybridized carbons (Fsp3) is 0.450. The van der Waals surface area contributed by atoms with Crippen LogP contribution >= 0.6 is 11.6 Å². The first kappa shape index (κ1) is 18.0. The third-order valence-electron chi connectivity index (χ3n) is 5.66. The minimum atomic E-state index is -0.939. The van der Waals surface area contributed by atoms with Gasteiger partial charge in [-0.05, 0) is 42.9 Å². The average molecular weight is 388 g/mol. The van der Waals surface area contributed by atoms with Crippen molar-refractivity contribution in [2.24, 2.45) is 0 Å². The molecule has 7 heteroatoms. The molecular weight excluding hydrogens is 366 g/mol. The highest BCUT2D eigenvalue weighted by molar-refractivity contribution is 6.36. The highest BCUT2D eigenvalue weighted by atomic mass is 35.5. The van der Waals surface area contributed by atoms with Crippen LogP contribution in [0.25, 0.3) is 10.9 Å². The van der Waals surface area contributed by atoms with E-state index >= 15 is 0 Å². The van der Waals surface area contributed by atoms with Crippen LogP contribution < -0.4 is 0 Å². The molecule has 1 aliphatic heterocycles. The molecule has 142 valence electrons. The number of hydrogen-bond acceptors (Lipinski definition) is 3. The molecule has 0 spiro atoms. The van der Waals surface area contributed by atoms with Gasteiger partial charge in [0.05, 0.1) is 10.5 Å². The molecule has 1 unspecified atom stereocenters. The van der Waals surface area contributed by atoms with Crippen molar-refractivity contribution in [1.82, 2.24) is 14.8 Å². The molecule has 1 aliphatic carbocycles. The first-order valence-electron chi connectivity index (χ1n) is 9.35. The van der Waals surface area contributed by atoms with Crippen LogP contribution in [0, 0.1) is 0 Å². The highest BCUT2D eigenvalue weighted by Gasteiger charge is 2.26. The summed E-state index contributed by atoms with van der Waals surface area (Å²) in [7, 11) is 0. The number of carboxylic acid groups (broad SMARTS) is 1. The van der Waals surface area contributed by atoms with Gasteiger partial charge >= 0.3 is 6.09 Å². The summed E-state index contributed by atoms with van der Waals surface area (Å²) in [5.74, 6) is 0.316. The minimum absolute atomic E-state index is 0.0917. The molecule has 2 aliphatic rings. The van der Waals surface area contributed by atoms with Crippen molar-refractivity contribution < 1.29 is 14.7 Å². The van der Waals surface area contributed by atoms with Crippen LogP contribution in [-0.4, -0.2) is 58.1 Å². The Balaban J connectivity index is 1.63. The molecular formula is C20H22ClN3O3. The maximum absolute atomic E-state index is 12.8. The Kier molecular flexibility index (Phi) is 4.68. The van der Waals surface area contributed by atoms with Gasteiger partial charge in [0.25, 0.3) is 5.91 Å². The Labute approximate surface area is 162 Å². The Hall–Kier alpha value is -2.34. The maximum atomic E-state index is 12.8. The number of aromatic nitrogens is 1. The Morgan fingerprint density at radius 3 is 2.59 bits per heavy atom. The molecule has 2 aromatic rings. The van der Waals surface area contributed by atoms with Crippen LogP contribution in [0.15, 0.2) is 18.2 Å². The number of rotatable bonds is 1. The van der Waals surface area contributed by atoms with Crippen molar-refractivity contribution in [3.05, 3.63) is 40.0 Å². The summed E-state index contributed by atoms with van der Waals surface area (Å²) < 4.78 is 0. The first-order valence-corrected chi connectivity index (χ1v) is 9.72. The number of piperazine rings is 1. The van der Waals surface area contributed by atoms with Gasteiger partial charge in [-0.1, -0.05) is 24.6 Å². The van der Waals surface area contributed by atoms with E-state index < -0.39 is 6.09 Å². The molecule has 4 rings (SSSR count). The second-order valence-corrected chi connectivity index (χ2v) is 7.75. The number of carbonyl (C=O) groups excluding carboxylic acids is 1. The Morgan fingerprint density at radius 1 is 1.19 bits per heavy atom. The van der Waals surface area contributed by atoms with Crippen molar-refractivity contribution >= 4 is 34.5 Å². The van der Waals surface area contributed by atoms with Crippen LogP contribution in [-0.2, 0) is 6.42 Å². The molecule has 27 heavy (non-hydrogen) atoms. The summed E-state index contributed by atoms with van der Waals surface area (Å²) in [4.78, 5) is 31.7. The van der Waals surface area contributed by atoms with Crippen molar-refractivity contribution in [2.45, 2.75) is 32.1 Å². The van der Waals surface area contributed by atoms with Gasteiger partial charge in [0.2, 0.25) is 0 Å². The number of pyridine rings is 1. The molecule has 2 amide bonds. The zero-order chi connectivity index (χ0) is 19.1. The molecule has 0 saturated carbocycles. The van der Waals surface area contributed by atoms with E-state index in [-0.39, 0.29) is 5.91 Å². The molecule has 6 nitrogen and oxygen atoms in total. The van der Waals surface area contributed by atoms with Gasteiger partial charge in [0, 0.05) is 42.8 Å². The van der Waals surface area contributed by atoms with Crippen LogP contribution in [0.1, 0.15) is 47.3 Å². The second kappa shape index (κ2) is 7.00. The number of amides is 2. The molecule has 1 aromatic carbocycles. The van der Waals surface area contributed by atoms with Crippen molar-refractivity contribution in [3.63, 3.8) is 0 Å². The minimum Gasteiger partial charge on any atom is -0.465 e. The number of nitrogens with zero attached hydrogens (tertiary/aromatic N) is 3. The smallest absolute Gasteiger partial charge is 0.407 e. The van der Waals surface area contributed by atoms with Gasteiger partial charge in [-0.15, -0.1) is 0 Å². The summed E-state index contributed by atoms with van der Waals surface area (Å²) in [6, 6.07) is 5.49. The summed E-state index contributed by atoms with van der Waals surface area (Å²) in [5, 5.41) is 10.7. The fourth-order valence-corrected chi connectivity index (χ4v) is 4.57. The van der Waals surface area contributed by atoms with Gasteiger partial charge in [-0.3, -0.25) is 9.78 Å². The third-order valence-corrected chi connectivity index (χ3v) is 6.07. The van der Waals surface area contributed by atoms with Gasteiger partial charge in [-0.2, -0.15) is 0 Å². The molecule has 1 saturated heterocycles. The maximum Gasteiger partial charge on any atom is 0.407 e. The van der Waals surface area contributed by atoms with Crippen LogP contribution in [0.3, 0.4) is 0 Å². The fourth-order valence-electron chi connectivity index (χ4n) is 4.11. The van der Waals surface area contributed by atoms with E-state index in [0.717, 1.165) is 46.4 Å². The van der Waals surface area contributed by atoms with Gasteiger partial charge in [0.15, 0.2) is 0 Å². The predicted octanol–water partition coefficient (Wildman–Crippen LogP) is 3.76. The molecule has 2 heterocycles. The topological polar surface area (TPSA) is 73.7 Å². The van der Waals surface area contributed by atoms with Crippen molar-refractivity contribution in [1.29, 1.82) is 0 Å². The van der Waals surface area contributed by atoms with Gasteiger partial charge in [-0.25, -0.2) is 4.79 Å². The average Bonchev–Trinajstić information content (AvgIpc) is 2.67. The summed E-state index contributed by atoms with van der Waals surface area (Å²) >= 11 is 6.68. The van der Waals surface area contributed by atoms with E-state index in [2.05, 4.69) is 6.92 Å². The number of carbonyl (C=O) groups is 2. The molecule has 0 bridgehead atoms. The standard InChI is InChI=1S/C20H22ClN3O3/c1-12-3-2-4-15-17(12)18(21)14-6-5-13(11-16(14)22-15)19(25)23-7-9-24(10-8-23)20(26)27/h5-6,11-12H,2-4,7-10H2,1H3,(H,26,27). The van der Waals surface area contributed by atoms with Crippen LogP contribution in [0.5, 0.6) is 0 Å². The van der Waals surface area contributed by atoms with E-state index in [1.807, 2.05) is 12.1 Å². The second-order valence-electron chi connectivity index (χ2n) is 7.37. The molecule has 1 atom stereocenters. The number of halogens is 1. The number of hydrogen-bond donors (Lipinski definition) is 1. The monoisotopic (exact) mass is 387 g/mol. The summed E-state index contributed by atoms with van der Waals surface area (Å²) in [6.45, 7) is 3.67. The SMILES string of the molecule is CC1CCCc2nc3cc(C(=O)N4CCN(C(=O)O)CC4)ccc3c(Cl)c21. The van der Waals surface area contributed by atoms with Crippen molar-refractivity contribution in [3.8, 4) is 0 Å². The van der Waals surface area contributed by atoms with Gasteiger partial charge < -0.3 is 14.9 Å². The van der Waals surface area contributed by atoms with Crippen LogP contribution in [0.4, 0.5) is 4.79 Å². The third kappa shape index (κ3) is 3.23. The van der Waals surface area contributed by atoms with E-state index in [1.54, 1.807) is 11.0 Å². The quantitative estimate of drug-likeness (QED) is 0.808. The Morgan fingerprint density at radius 2 is 1.89 bits per heavy atom. The number of fused-ring (bicyclic) bond motifs is 2. The largest absolute Gasteiger partial charge is 0.465 e. The molecule has 0 radical (unpaired) electrons. The summed E-state index contributed by atoms with van der Waals surface area (Å²) in [5.41, 5.74) is 3.52. The zero-order valence-electron chi connectivity index (χ0n) is 15.2. The number of benzene rings is 1. The number of aryl methyl sites for hydroxylation is 1. The van der Waals surface area contributed by atoms with E-state index in [0.29, 0.717) is 37.7 Å². The lowest BCUT2D eigenvalue weighted by Crippen LogP contribution is -2.50. The Bertz CT molecular complexity index is 922. The van der Waals surface area contributed by atoms with E-state index in [4.69, 9.17) is 21.7 Å². The molecule has 1 fully saturated rings. The van der Waals surface area contributed by atoms with E-state index in [9.17, 15) is 9.59 Å². The highest BCUT2D eigenvalue weighted by Crippen LogP contribution is 2.39. The lowest BCUT2D eigenvalue weighted by atomic mass is 9.86. The van der Waals surface area contributed by atoms with Gasteiger partial charge in [0.1, 0.15) is 0 Å². The molecule has 1 N–H and O–H groups in total. The molecule has 1 aromatic heterocycles. The van der Waals surface area contributed by atoms with Crippen molar-refractivity contribution in [2.75, 3.05) is 26.2 Å². The predicted molar refractivity (Wildman–Crippen MR) is 104 cm³/mol. The first-order chi connectivity index (χ1) is 13.0. The lowest BCUT2D eigenvalue weighted by Gasteiger charge is -2.33. The summed E-state index contributed by atoms with van der Waals surface area (Å²) in [6.07, 6.45) is 2.21. The normalized spacial score (nSPS) is 19.9.